The van der Waals surface area contributed by atoms with Crippen LogP contribution in [0, 0.1) is 0 Å². The minimum atomic E-state index is -0.371. The average Bonchev–Trinajstić information content (AvgIpc) is 3.40. The van der Waals surface area contributed by atoms with E-state index in [9.17, 15) is 14.4 Å². The molecular formula is C24H23N5O4S. The third-order valence-corrected chi connectivity index (χ3v) is 7.63. The Morgan fingerprint density at radius 1 is 1.18 bits per heavy atom. The fourth-order valence-corrected chi connectivity index (χ4v) is 5.71. The first-order valence-electron chi connectivity index (χ1n) is 11.3. The van der Waals surface area contributed by atoms with Crippen molar-refractivity contribution in [3.8, 4) is 0 Å². The Morgan fingerprint density at radius 2 is 2.09 bits per heavy atom. The van der Waals surface area contributed by atoms with Crippen LogP contribution >= 0.6 is 11.8 Å². The molecule has 0 aliphatic carbocycles. The minimum Gasteiger partial charge on any atom is -0.444 e. The number of hydrogen-bond donors (Lipinski definition) is 2. The Hall–Kier alpha value is -3.37. The first-order valence-corrected chi connectivity index (χ1v) is 12.3. The molecule has 0 radical (unpaired) electrons. The molecule has 174 valence electrons. The van der Waals surface area contributed by atoms with Gasteiger partial charge in [-0.2, -0.15) is 0 Å². The molecule has 1 aromatic heterocycles. The second-order valence-corrected chi connectivity index (χ2v) is 9.76. The number of hydrogen-bond acceptors (Lipinski definition) is 7. The van der Waals surface area contributed by atoms with Gasteiger partial charge in [-0.05, 0) is 42.8 Å². The smallest absolute Gasteiger partial charge is 0.414 e. The Balaban J connectivity index is 1.05. The summed E-state index contributed by atoms with van der Waals surface area (Å²) in [5.41, 5.74) is 4.31. The van der Waals surface area contributed by atoms with E-state index in [-0.39, 0.29) is 29.6 Å². The number of nitrogens with one attached hydrogen (secondary N) is 2. The maximum absolute atomic E-state index is 12.5. The Kier molecular flexibility index (Phi) is 5.26. The normalized spacial score (nSPS) is 21.0. The van der Waals surface area contributed by atoms with E-state index >= 15 is 0 Å². The van der Waals surface area contributed by atoms with Gasteiger partial charge in [0.2, 0.25) is 5.91 Å². The summed E-state index contributed by atoms with van der Waals surface area (Å²) in [6.07, 6.45) is 1.49. The van der Waals surface area contributed by atoms with E-state index in [4.69, 9.17) is 4.74 Å². The van der Waals surface area contributed by atoms with Crippen molar-refractivity contribution in [2.24, 2.45) is 0 Å². The highest BCUT2D eigenvalue weighted by Gasteiger charge is 2.33. The van der Waals surface area contributed by atoms with Crippen LogP contribution < -0.4 is 21.1 Å². The van der Waals surface area contributed by atoms with E-state index in [0.717, 1.165) is 39.4 Å². The zero-order chi connectivity index (χ0) is 23.2. The van der Waals surface area contributed by atoms with Gasteiger partial charge >= 0.3 is 6.09 Å². The molecule has 3 aliphatic rings. The van der Waals surface area contributed by atoms with Gasteiger partial charge in [0.05, 0.1) is 35.2 Å². The van der Waals surface area contributed by atoms with E-state index in [1.807, 2.05) is 30.3 Å². The number of aromatic nitrogens is 2. The van der Waals surface area contributed by atoms with Gasteiger partial charge in [0.25, 0.3) is 5.56 Å². The van der Waals surface area contributed by atoms with Crippen LogP contribution in [0.2, 0.25) is 0 Å². The molecule has 3 aliphatic heterocycles. The van der Waals surface area contributed by atoms with E-state index in [1.165, 1.54) is 18.0 Å². The number of carbonyl (C=O) groups is 2. The Bertz CT molecular complexity index is 1370. The molecule has 2 aromatic carbocycles. The number of anilines is 2. The molecule has 3 aromatic rings. The molecule has 6 rings (SSSR count). The van der Waals surface area contributed by atoms with Gasteiger partial charge in [-0.3, -0.25) is 14.5 Å². The molecule has 9 nitrogen and oxygen atoms in total. The first-order chi connectivity index (χ1) is 16.6. The molecule has 0 bridgehead atoms. The summed E-state index contributed by atoms with van der Waals surface area (Å²) in [5.74, 6) is 0.570. The van der Waals surface area contributed by atoms with Crippen molar-refractivity contribution in [3.05, 3.63) is 58.5 Å². The van der Waals surface area contributed by atoms with Gasteiger partial charge in [0.1, 0.15) is 6.10 Å². The van der Waals surface area contributed by atoms with Crippen molar-refractivity contribution in [2.45, 2.75) is 29.9 Å². The highest BCUT2D eigenvalue weighted by Crippen LogP contribution is 2.36. The minimum absolute atomic E-state index is 0.0367. The van der Waals surface area contributed by atoms with Crippen molar-refractivity contribution < 1.29 is 14.3 Å². The van der Waals surface area contributed by atoms with Gasteiger partial charge in [0.15, 0.2) is 0 Å². The zero-order valence-electron chi connectivity index (χ0n) is 18.3. The molecule has 0 spiro atoms. The number of carbonyl (C=O) groups excluding carboxylic acids is 2. The standard InChI is InChI=1S/C24H23N5O4S/c30-21-13-34-20-5-4-15(8-19(20)27-21)28-12-16(33-24(28)32)6-7-25-9-14-11-29-22(31)10-26-18-3-1-2-17(14)23(18)29/h1-5,8,10,14,16,25H,6-7,9,11-13H2,(H,27,30)/t14-,16-/m0/s1. The maximum atomic E-state index is 12.5. The SMILES string of the molecule is O=C1CSc2ccc(N3C[C@H](CCNC[C@H]4Cn5c(=O)cnc6cccc4c65)OC3=O)cc2N1. The maximum Gasteiger partial charge on any atom is 0.414 e. The van der Waals surface area contributed by atoms with Crippen LogP contribution in [-0.4, -0.2) is 53.0 Å². The fraction of sp³-hybridized carbons (Fsp3) is 0.333. The average molecular weight is 478 g/mol. The lowest BCUT2D eigenvalue weighted by atomic mass is 10.0. The van der Waals surface area contributed by atoms with Crippen LogP contribution in [0.3, 0.4) is 0 Å². The van der Waals surface area contributed by atoms with Gasteiger partial charge in [-0.25, -0.2) is 9.78 Å². The summed E-state index contributed by atoms with van der Waals surface area (Å²) >= 11 is 1.49. The van der Waals surface area contributed by atoms with Crippen molar-refractivity contribution in [1.82, 2.24) is 14.9 Å². The first kappa shape index (κ1) is 21.2. The van der Waals surface area contributed by atoms with E-state index in [1.54, 1.807) is 9.47 Å². The van der Waals surface area contributed by atoms with Crippen LogP contribution in [0.15, 0.2) is 52.3 Å². The highest BCUT2D eigenvalue weighted by atomic mass is 32.2. The molecule has 2 atom stereocenters. The number of cyclic esters (lactones) is 1. The van der Waals surface area contributed by atoms with Crippen molar-refractivity contribution in [2.75, 3.05) is 35.6 Å². The number of ether oxygens (including phenoxy) is 1. The summed E-state index contributed by atoms with van der Waals surface area (Å²) in [6.45, 7) is 2.53. The van der Waals surface area contributed by atoms with E-state index < -0.39 is 0 Å². The quantitative estimate of drug-likeness (QED) is 0.526. The Labute approximate surface area is 199 Å². The second-order valence-electron chi connectivity index (χ2n) is 8.75. The number of para-hydroxylation sites is 1. The lowest BCUT2D eigenvalue weighted by Gasteiger charge is -2.20. The van der Waals surface area contributed by atoms with Crippen molar-refractivity contribution in [1.29, 1.82) is 0 Å². The van der Waals surface area contributed by atoms with Crippen LogP contribution in [0.4, 0.5) is 16.2 Å². The predicted octanol–water partition coefficient (Wildman–Crippen LogP) is 2.54. The number of nitrogens with zero attached hydrogens (tertiary/aromatic N) is 3. The third kappa shape index (κ3) is 3.72. The monoisotopic (exact) mass is 477 g/mol. The van der Waals surface area contributed by atoms with Crippen LogP contribution in [0.1, 0.15) is 17.9 Å². The Morgan fingerprint density at radius 3 is 3.00 bits per heavy atom. The lowest BCUT2D eigenvalue weighted by molar-refractivity contribution is -0.113. The molecule has 10 heteroatoms. The lowest BCUT2D eigenvalue weighted by Crippen LogP contribution is -2.28. The van der Waals surface area contributed by atoms with Gasteiger partial charge < -0.3 is 19.9 Å². The second kappa shape index (κ2) is 8.44. The number of fused-ring (bicyclic) bond motifs is 1. The zero-order valence-corrected chi connectivity index (χ0v) is 19.1. The molecule has 0 unspecified atom stereocenters. The van der Waals surface area contributed by atoms with Gasteiger partial charge in [-0.15, -0.1) is 11.8 Å². The third-order valence-electron chi connectivity index (χ3n) is 6.55. The van der Waals surface area contributed by atoms with E-state index in [0.29, 0.717) is 31.8 Å². The van der Waals surface area contributed by atoms with E-state index in [2.05, 4.69) is 21.7 Å². The number of benzene rings is 2. The summed E-state index contributed by atoms with van der Waals surface area (Å²) in [6, 6.07) is 11.6. The van der Waals surface area contributed by atoms with Gasteiger partial charge in [-0.1, -0.05) is 12.1 Å². The van der Waals surface area contributed by atoms with Gasteiger partial charge in [0, 0.05) is 29.6 Å². The summed E-state index contributed by atoms with van der Waals surface area (Å²) in [4.78, 5) is 43.3. The topological polar surface area (TPSA) is 106 Å². The molecule has 1 saturated heterocycles. The molecular weight excluding hydrogens is 454 g/mol. The largest absolute Gasteiger partial charge is 0.444 e. The van der Waals surface area contributed by atoms with Crippen LogP contribution in [-0.2, 0) is 16.1 Å². The van der Waals surface area contributed by atoms with Crippen LogP contribution in [0.25, 0.3) is 11.0 Å². The van der Waals surface area contributed by atoms with Crippen LogP contribution in [0.5, 0.6) is 0 Å². The fourth-order valence-electron chi connectivity index (χ4n) is 4.92. The van der Waals surface area contributed by atoms with Crippen molar-refractivity contribution >= 4 is 46.2 Å². The molecule has 4 heterocycles. The number of amides is 2. The predicted molar refractivity (Wildman–Crippen MR) is 130 cm³/mol. The summed E-state index contributed by atoms with van der Waals surface area (Å²) in [5, 5.41) is 6.33. The summed E-state index contributed by atoms with van der Waals surface area (Å²) in [7, 11) is 0. The summed E-state index contributed by atoms with van der Waals surface area (Å²) < 4.78 is 7.39. The molecule has 2 amide bonds. The molecule has 0 saturated carbocycles. The molecule has 34 heavy (non-hydrogen) atoms. The van der Waals surface area contributed by atoms with Crippen molar-refractivity contribution in [3.63, 3.8) is 0 Å². The molecule has 1 fully saturated rings. The highest BCUT2D eigenvalue weighted by molar-refractivity contribution is 8.00. The molecule has 2 N–H and O–H groups in total. The number of rotatable bonds is 6. The number of thioether (sulfide) groups is 1.